The molecule has 0 spiro atoms. The molecule has 15 nitrogen and oxygen atoms in total. The minimum absolute atomic E-state index is 0.222. The molecule has 2 aliphatic rings. The van der Waals surface area contributed by atoms with Gasteiger partial charge in [0.1, 0.15) is 19.9 Å². The summed E-state index contributed by atoms with van der Waals surface area (Å²) in [6.45, 7) is 4.59. The molecule has 0 aliphatic carbocycles. The maximum atomic E-state index is 13.2. The SMILES string of the molecule is CCCc1cccc(NC2CCN(S(=O)(=O)c3ccc(CNC(=O)c4cccc(OC)c4)s3)CC2)c1.COc1cccc(C(=O)NCc2ccc(S(=O)(=O)N3CCC(Nc4cccc(N(C)C)c4)CC3)s2)c1. The molecule has 4 aromatic carbocycles. The number of benzene rings is 4. The van der Waals surface area contributed by atoms with Crippen LogP contribution in [0.25, 0.3) is 0 Å². The number of thiophene rings is 2. The van der Waals surface area contributed by atoms with Gasteiger partial charge in [0.05, 0.1) is 27.3 Å². The third kappa shape index (κ3) is 14.4. The van der Waals surface area contributed by atoms with Crippen LogP contribution in [-0.2, 0) is 39.6 Å². The van der Waals surface area contributed by atoms with Gasteiger partial charge in [0.2, 0.25) is 0 Å². The van der Waals surface area contributed by atoms with E-state index in [-0.39, 0.29) is 37.0 Å². The van der Waals surface area contributed by atoms with Crippen LogP contribution in [0.3, 0.4) is 0 Å². The lowest BCUT2D eigenvalue weighted by Crippen LogP contribution is -2.42. The molecule has 0 unspecified atom stereocenters. The van der Waals surface area contributed by atoms with Gasteiger partial charge >= 0.3 is 0 Å². The van der Waals surface area contributed by atoms with Crippen molar-refractivity contribution in [3.63, 3.8) is 0 Å². The Kier molecular flexibility index (Phi) is 18.8. The fourth-order valence-electron chi connectivity index (χ4n) is 8.44. The molecule has 0 radical (unpaired) electrons. The standard InChI is InChI=1S/C27H33N3O4S2.C26H32N4O4S2/c1-3-6-20-7-4-9-23(17-20)29-22-13-15-30(16-14-22)36(32,33)26-12-11-25(35-26)19-28-27(31)21-8-5-10-24(18-21)34-2;1-29(2)22-8-5-7-21(17-22)28-20-12-14-30(15-13-20)36(32,33)25-11-10-24(35-25)18-27-26(31)19-6-4-9-23(16-19)34-3/h4-5,7-12,17-18,22,29H,3,6,13-16,19H2,1-2H3,(H,28,31);4-11,16-17,20,28H,12-15,18H2,1-3H3,(H,27,31). The van der Waals surface area contributed by atoms with Crippen LogP contribution in [0.15, 0.2) is 130 Å². The maximum absolute atomic E-state index is 13.2. The van der Waals surface area contributed by atoms with Crippen molar-refractivity contribution in [3.05, 3.63) is 148 Å². The van der Waals surface area contributed by atoms with Crippen molar-refractivity contribution in [1.29, 1.82) is 0 Å². The van der Waals surface area contributed by atoms with Gasteiger partial charge in [-0.1, -0.05) is 43.7 Å². The second-order valence-electron chi connectivity index (χ2n) is 17.8. The third-order valence-electron chi connectivity index (χ3n) is 12.5. The smallest absolute Gasteiger partial charge is 0.252 e. The van der Waals surface area contributed by atoms with Crippen LogP contribution in [0.5, 0.6) is 11.5 Å². The minimum Gasteiger partial charge on any atom is -0.497 e. The van der Waals surface area contributed by atoms with E-state index in [2.05, 4.69) is 69.5 Å². The molecule has 4 N–H and O–H groups in total. The van der Waals surface area contributed by atoms with Gasteiger partial charge in [0.25, 0.3) is 31.9 Å². The second kappa shape index (κ2) is 25.1. The number of rotatable bonds is 19. The molecule has 2 saturated heterocycles. The molecule has 0 bridgehead atoms. The molecule has 0 saturated carbocycles. The Morgan fingerprint density at radius 2 is 1.04 bits per heavy atom. The lowest BCUT2D eigenvalue weighted by molar-refractivity contribution is 0.0943. The number of hydrogen-bond acceptors (Lipinski definition) is 13. The first kappa shape index (κ1) is 53.8. The van der Waals surface area contributed by atoms with Gasteiger partial charge in [0.15, 0.2) is 0 Å². The Balaban J connectivity index is 0.000000211. The van der Waals surface area contributed by atoms with Gasteiger partial charge in [-0.25, -0.2) is 16.8 Å². The number of nitrogens with one attached hydrogen (secondary N) is 4. The zero-order chi connectivity index (χ0) is 51.3. The second-order valence-corrected chi connectivity index (χ2v) is 24.5. The largest absolute Gasteiger partial charge is 0.497 e. The molecule has 2 fully saturated rings. The first-order valence-corrected chi connectivity index (χ1v) is 28.6. The number of piperidine rings is 2. The first-order valence-electron chi connectivity index (χ1n) is 24.1. The molecule has 8 rings (SSSR count). The van der Waals surface area contributed by atoms with E-state index in [0.717, 1.165) is 65.3 Å². The molecular formula is C53H65N7O8S4. The average Bonchev–Trinajstić information content (AvgIpc) is 4.10. The molecular weight excluding hydrogens is 991 g/mol. The van der Waals surface area contributed by atoms with Crippen LogP contribution < -0.4 is 35.6 Å². The fourth-order valence-corrected chi connectivity index (χ4v) is 14.3. The molecule has 2 amide bonds. The van der Waals surface area contributed by atoms with E-state index >= 15 is 0 Å². The van der Waals surface area contributed by atoms with Crippen molar-refractivity contribution in [2.45, 2.75) is 79.0 Å². The van der Waals surface area contributed by atoms with E-state index < -0.39 is 20.0 Å². The van der Waals surface area contributed by atoms with Gasteiger partial charge in [-0.2, -0.15) is 8.61 Å². The highest BCUT2D eigenvalue weighted by molar-refractivity contribution is 7.91. The van der Waals surface area contributed by atoms with Crippen molar-refractivity contribution in [2.24, 2.45) is 0 Å². The van der Waals surface area contributed by atoms with E-state index in [0.29, 0.717) is 57.2 Å². The van der Waals surface area contributed by atoms with Crippen molar-refractivity contribution in [1.82, 2.24) is 19.2 Å². The Morgan fingerprint density at radius 3 is 1.49 bits per heavy atom. The molecule has 19 heteroatoms. The average molecular weight is 1060 g/mol. The Bertz CT molecular complexity index is 2980. The van der Waals surface area contributed by atoms with Crippen LogP contribution in [0.4, 0.5) is 17.1 Å². The van der Waals surface area contributed by atoms with E-state index in [1.54, 1.807) is 95.6 Å². The van der Waals surface area contributed by atoms with Crippen molar-refractivity contribution >= 4 is 71.6 Å². The van der Waals surface area contributed by atoms with Crippen LogP contribution >= 0.6 is 22.7 Å². The van der Waals surface area contributed by atoms with Gasteiger partial charge in [-0.15, -0.1) is 22.7 Å². The quantitative estimate of drug-likeness (QED) is 0.0609. The van der Waals surface area contributed by atoms with Crippen molar-refractivity contribution in [3.8, 4) is 11.5 Å². The number of methoxy groups -OCH3 is 2. The predicted molar refractivity (Wildman–Crippen MR) is 289 cm³/mol. The number of carbonyl (C=O) groups excluding carboxylic acids is 2. The van der Waals surface area contributed by atoms with Crippen LogP contribution in [-0.4, -0.2) is 104 Å². The van der Waals surface area contributed by atoms with Gasteiger partial charge in [-0.3, -0.25) is 9.59 Å². The number of ether oxygens (including phenoxy) is 2. The normalized spacial score (nSPS) is 14.9. The number of nitrogens with zero attached hydrogens (tertiary/aromatic N) is 3. The van der Waals surface area contributed by atoms with E-state index in [1.807, 2.05) is 26.2 Å². The summed E-state index contributed by atoms with van der Waals surface area (Å²) in [5.41, 5.74) is 5.56. The molecule has 6 aromatic rings. The summed E-state index contributed by atoms with van der Waals surface area (Å²) in [4.78, 5) is 28.5. The molecule has 2 aliphatic heterocycles. The zero-order valence-corrected chi connectivity index (χ0v) is 44.7. The minimum atomic E-state index is -3.57. The monoisotopic (exact) mass is 1060 g/mol. The van der Waals surface area contributed by atoms with Crippen LogP contribution in [0, 0.1) is 0 Å². The van der Waals surface area contributed by atoms with E-state index in [9.17, 15) is 26.4 Å². The summed E-state index contributed by atoms with van der Waals surface area (Å²) in [6, 6.07) is 37.7. The Labute approximate surface area is 432 Å². The topological polar surface area (TPSA) is 179 Å². The number of sulfonamides is 2. The summed E-state index contributed by atoms with van der Waals surface area (Å²) >= 11 is 2.40. The summed E-state index contributed by atoms with van der Waals surface area (Å²) < 4.78 is 67.0. The van der Waals surface area contributed by atoms with Gasteiger partial charge in [-0.05, 0) is 129 Å². The maximum Gasteiger partial charge on any atom is 0.252 e. The van der Waals surface area contributed by atoms with Gasteiger partial charge in [0, 0.05) is 90.3 Å². The number of amides is 2. The highest BCUT2D eigenvalue weighted by Crippen LogP contribution is 2.31. The summed E-state index contributed by atoms with van der Waals surface area (Å²) in [7, 11) is -0.00850. The molecule has 4 heterocycles. The highest BCUT2D eigenvalue weighted by atomic mass is 32.3. The summed E-state index contributed by atoms with van der Waals surface area (Å²) in [6.07, 6.45) is 5.15. The number of aryl methyl sites for hydroxylation is 1. The van der Waals surface area contributed by atoms with E-state index in [4.69, 9.17) is 9.47 Å². The number of anilines is 3. The molecule has 0 atom stereocenters. The highest BCUT2D eigenvalue weighted by Gasteiger charge is 2.32. The summed E-state index contributed by atoms with van der Waals surface area (Å²) in [5.74, 6) is 0.739. The Hall–Kier alpha value is -5.96. The lowest BCUT2D eigenvalue weighted by Gasteiger charge is -2.32. The van der Waals surface area contributed by atoms with Crippen molar-refractivity contribution in [2.75, 3.05) is 70.0 Å². The molecule has 2 aromatic heterocycles. The van der Waals surface area contributed by atoms with Crippen LogP contribution in [0.1, 0.15) is 75.1 Å². The predicted octanol–water partition coefficient (Wildman–Crippen LogP) is 8.92. The first-order chi connectivity index (χ1) is 34.6. The third-order valence-corrected chi connectivity index (χ3v) is 19.4. The molecule has 72 heavy (non-hydrogen) atoms. The lowest BCUT2D eigenvalue weighted by atomic mass is 10.1. The number of carbonyl (C=O) groups is 2. The zero-order valence-electron chi connectivity index (χ0n) is 41.4. The molecule has 384 valence electrons. The van der Waals surface area contributed by atoms with Gasteiger partial charge < -0.3 is 35.6 Å². The summed E-state index contributed by atoms with van der Waals surface area (Å²) in [5, 5.41) is 12.8. The van der Waals surface area contributed by atoms with E-state index in [1.165, 1.54) is 28.2 Å². The fraction of sp³-hybridized carbons (Fsp3) is 0.358. The van der Waals surface area contributed by atoms with Crippen molar-refractivity contribution < 1.29 is 35.9 Å². The van der Waals surface area contributed by atoms with Crippen LogP contribution in [0.2, 0.25) is 0 Å². The number of hydrogen-bond donors (Lipinski definition) is 4. The Morgan fingerprint density at radius 1 is 0.597 bits per heavy atom.